The number of piperazine rings is 1. The Morgan fingerprint density at radius 3 is 2.14 bits per heavy atom. The van der Waals surface area contributed by atoms with E-state index in [1.165, 1.54) is 39.6 Å². The third-order valence-corrected chi connectivity index (χ3v) is 6.98. The number of hydrogen-bond acceptors (Lipinski definition) is 5. The molecule has 1 heterocycles. The molecule has 2 aromatic carbocycles. The van der Waals surface area contributed by atoms with E-state index in [9.17, 15) is 13.2 Å². The molecule has 0 aliphatic carbocycles. The van der Waals surface area contributed by atoms with Crippen LogP contribution < -0.4 is 5.48 Å². The molecule has 1 saturated heterocycles. The lowest BCUT2D eigenvalue weighted by Crippen LogP contribution is -2.57. The van der Waals surface area contributed by atoms with Crippen molar-refractivity contribution in [1.29, 1.82) is 0 Å². The second kappa shape index (κ2) is 8.40. The van der Waals surface area contributed by atoms with E-state index < -0.39 is 15.9 Å². The number of nitrogens with zero attached hydrogens (tertiary/aromatic N) is 2. The van der Waals surface area contributed by atoms with E-state index in [1.54, 1.807) is 0 Å². The summed E-state index contributed by atoms with van der Waals surface area (Å²) in [6.45, 7) is 5.66. The van der Waals surface area contributed by atoms with E-state index in [0.29, 0.717) is 13.1 Å². The number of amides is 1. The number of rotatable bonds is 5. The van der Waals surface area contributed by atoms with Gasteiger partial charge in [0.1, 0.15) is 0 Å². The molecule has 28 heavy (non-hydrogen) atoms. The largest absolute Gasteiger partial charge is 0.291 e. The smallest absolute Gasteiger partial charge is 0.274 e. The van der Waals surface area contributed by atoms with Crippen LogP contribution in [0.25, 0.3) is 0 Å². The Bertz CT molecular complexity index is 904. The highest BCUT2D eigenvalue weighted by molar-refractivity contribution is 7.89. The van der Waals surface area contributed by atoms with Crippen molar-refractivity contribution in [3.8, 4) is 0 Å². The first-order valence-electron chi connectivity index (χ1n) is 9.17. The van der Waals surface area contributed by atoms with Gasteiger partial charge in [0.15, 0.2) is 0 Å². The predicted octanol–water partition coefficient (Wildman–Crippen LogP) is 2.09. The van der Waals surface area contributed by atoms with Gasteiger partial charge in [-0.15, -0.1) is 0 Å². The summed E-state index contributed by atoms with van der Waals surface area (Å²) in [6.07, 6.45) is 0. The van der Waals surface area contributed by atoms with Gasteiger partial charge >= 0.3 is 0 Å². The van der Waals surface area contributed by atoms with Crippen LogP contribution in [0.1, 0.15) is 29.8 Å². The Morgan fingerprint density at radius 1 is 1.04 bits per heavy atom. The summed E-state index contributed by atoms with van der Waals surface area (Å²) in [6, 6.07) is 15.8. The van der Waals surface area contributed by atoms with Gasteiger partial charge in [-0.3, -0.25) is 14.9 Å². The number of hydrogen-bond donors (Lipinski definition) is 2. The van der Waals surface area contributed by atoms with Crippen LogP contribution in [0.2, 0.25) is 0 Å². The fourth-order valence-electron chi connectivity index (χ4n) is 3.60. The van der Waals surface area contributed by atoms with Gasteiger partial charge in [0.25, 0.3) is 5.91 Å². The van der Waals surface area contributed by atoms with E-state index in [-0.39, 0.29) is 22.5 Å². The molecule has 0 bridgehead atoms. The van der Waals surface area contributed by atoms with Crippen molar-refractivity contribution in [2.45, 2.75) is 37.4 Å². The van der Waals surface area contributed by atoms with Crippen LogP contribution in [-0.2, 0) is 16.6 Å². The zero-order chi connectivity index (χ0) is 20.3. The maximum absolute atomic E-state index is 13.1. The first-order chi connectivity index (χ1) is 13.3. The summed E-state index contributed by atoms with van der Waals surface area (Å²) >= 11 is 0. The first kappa shape index (κ1) is 20.5. The molecular formula is C20H25N3O4S. The number of sulfonamides is 1. The molecular weight excluding hydrogens is 378 g/mol. The summed E-state index contributed by atoms with van der Waals surface area (Å²) in [4.78, 5) is 13.9. The standard InChI is InChI=1S/C20H25N3O4S/c1-15-12-22(13-16(2)23(15)14-17-6-4-3-5-7-17)28(26,27)19-10-8-18(9-11-19)20(24)21-25/h3-11,15-16,25H,12-14H2,1-2H3,(H,21,24)/t15-,16+. The molecule has 7 nitrogen and oxygen atoms in total. The number of carbonyl (C=O) groups excluding carboxylic acids is 1. The monoisotopic (exact) mass is 403 g/mol. The second-order valence-corrected chi connectivity index (χ2v) is 9.08. The first-order valence-corrected chi connectivity index (χ1v) is 10.6. The van der Waals surface area contributed by atoms with E-state index >= 15 is 0 Å². The average Bonchev–Trinajstić information content (AvgIpc) is 2.70. The van der Waals surface area contributed by atoms with Gasteiger partial charge in [-0.1, -0.05) is 30.3 Å². The third kappa shape index (κ3) is 4.25. The molecule has 8 heteroatoms. The lowest BCUT2D eigenvalue weighted by atomic mass is 10.1. The molecule has 2 aromatic rings. The van der Waals surface area contributed by atoms with Crippen LogP contribution in [0.15, 0.2) is 59.5 Å². The Morgan fingerprint density at radius 2 is 1.61 bits per heavy atom. The zero-order valence-corrected chi connectivity index (χ0v) is 16.8. The van der Waals surface area contributed by atoms with Crippen LogP contribution in [0.4, 0.5) is 0 Å². The van der Waals surface area contributed by atoms with Gasteiger partial charge in [-0.25, -0.2) is 13.9 Å². The summed E-state index contributed by atoms with van der Waals surface area (Å²) in [5.74, 6) is -0.680. The summed E-state index contributed by atoms with van der Waals surface area (Å²) < 4.78 is 27.6. The van der Waals surface area contributed by atoms with Gasteiger partial charge < -0.3 is 0 Å². The quantitative estimate of drug-likeness (QED) is 0.589. The van der Waals surface area contributed by atoms with Crippen LogP contribution in [0.3, 0.4) is 0 Å². The van der Waals surface area contributed by atoms with Crippen molar-refractivity contribution in [1.82, 2.24) is 14.7 Å². The van der Waals surface area contributed by atoms with Gasteiger partial charge in [-0.05, 0) is 43.7 Å². The normalized spacial score (nSPS) is 21.4. The maximum Gasteiger partial charge on any atom is 0.274 e. The molecule has 150 valence electrons. The van der Waals surface area contributed by atoms with Gasteiger partial charge in [0, 0.05) is 37.3 Å². The van der Waals surface area contributed by atoms with Gasteiger partial charge in [0.2, 0.25) is 10.0 Å². The number of nitrogens with one attached hydrogen (secondary N) is 1. The van der Waals surface area contributed by atoms with Crippen LogP contribution in [-0.4, -0.2) is 53.9 Å². The lowest BCUT2D eigenvalue weighted by Gasteiger charge is -2.43. The molecule has 0 spiro atoms. The van der Waals surface area contributed by atoms with Gasteiger partial charge in [-0.2, -0.15) is 4.31 Å². The van der Waals surface area contributed by atoms with Crippen molar-refractivity contribution >= 4 is 15.9 Å². The van der Waals surface area contributed by atoms with E-state index in [0.717, 1.165) is 6.54 Å². The maximum atomic E-state index is 13.1. The van der Waals surface area contributed by atoms with Crippen molar-refractivity contribution in [3.05, 3.63) is 65.7 Å². The van der Waals surface area contributed by atoms with Crippen LogP contribution >= 0.6 is 0 Å². The minimum absolute atomic E-state index is 0.0678. The molecule has 0 saturated carbocycles. The lowest BCUT2D eigenvalue weighted by molar-refractivity contribution is 0.0698. The number of benzene rings is 2. The van der Waals surface area contributed by atoms with E-state index in [2.05, 4.69) is 17.0 Å². The SMILES string of the molecule is C[C@@H]1CN(S(=O)(=O)c2ccc(C(=O)NO)cc2)C[C@H](C)N1Cc1ccccc1. The minimum Gasteiger partial charge on any atom is -0.291 e. The Balaban J connectivity index is 1.75. The van der Waals surface area contributed by atoms with Crippen molar-refractivity contribution in [2.24, 2.45) is 0 Å². The average molecular weight is 404 g/mol. The molecule has 1 aliphatic rings. The summed E-state index contributed by atoms with van der Waals surface area (Å²) in [5, 5.41) is 8.68. The highest BCUT2D eigenvalue weighted by Crippen LogP contribution is 2.25. The molecule has 1 fully saturated rings. The molecule has 0 unspecified atom stereocenters. The fourth-order valence-corrected chi connectivity index (χ4v) is 5.20. The minimum atomic E-state index is -3.66. The molecule has 0 radical (unpaired) electrons. The summed E-state index contributed by atoms with van der Waals surface area (Å²) in [5.41, 5.74) is 2.93. The number of carbonyl (C=O) groups is 1. The van der Waals surface area contributed by atoms with Crippen molar-refractivity contribution in [2.75, 3.05) is 13.1 Å². The topological polar surface area (TPSA) is 90.0 Å². The Labute approximate surface area is 165 Å². The van der Waals surface area contributed by atoms with Crippen molar-refractivity contribution < 1.29 is 18.4 Å². The van der Waals surface area contributed by atoms with Crippen LogP contribution in [0, 0.1) is 0 Å². The molecule has 0 aromatic heterocycles. The zero-order valence-electron chi connectivity index (χ0n) is 15.9. The third-order valence-electron chi connectivity index (χ3n) is 5.13. The van der Waals surface area contributed by atoms with Crippen molar-refractivity contribution in [3.63, 3.8) is 0 Å². The molecule has 1 amide bonds. The molecule has 2 N–H and O–H groups in total. The second-order valence-electron chi connectivity index (χ2n) is 7.14. The molecule has 2 atom stereocenters. The Hall–Kier alpha value is -2.26. The Kier molecular flexibility index (Phi) is 6.14. The van der Waals surface area contributed by atoms with E-state index in [4.69, 9.17) is 5.21 Å². The highest BCUT2D eigenvalue weighted by Gasteiger charge is 2.36. The van der Waals surface area contributed by atoms with E-state index in [1.807, 2.05) is 32.0 Å². The molecule has 1 aliphatic heterocycles. The highest BCUT2D eigenvalue weighted by atomic mass is 32.2. The predicted molar refractivity (Wildman–Crippen MR) is 105 cm³/mol. The summed E-state index contributed by atoms with van der Waals surface area (Å²) in [7, 11) is -3.66. The fraction of sp³-hybridized carbons (Fsp3) is 0.350. The molecule has 3 rings (SSSR count). The number of hydroxylamine groups is 1. The van der Waals surface area contributed by atoms with Crippen LogP contribution in [0.5, 0.6) is 0 Å². The van der Waals surface area contributed by atoms with Gasteiger partial charge in [0.05, 0.1) is 4.90 Å².